The van der Waals surface area contributed by atoms with Crippen molar-refractivity contribution in [3.63, 3.8) is 0 Å². The summed E-state index contributed by atoms with van der Waals surface area (Å²) in [4.78, 5) is 14.3. The van der Waals surface area contributed by atoms with Gasteiger partial charge in [0, 0.05) is 33.2 Å². The molecule has 0 unspecified atom stereocenters. The Labute approximate surface area is 128 Å². The third kappa shape index (κ3) is 4.42. The summed E-state index contributed by atoms with van der Waals surface area (Å²) in [6.07, 6.45) is 0.0343. The van der Waals surface area contributed by atoms with Gasteiger partial charge in [-0.05, 0) is 13.8 Å². The molecular formula is C13H22N4O3S. The van der Waals surface area contributed by atoms with Gasteiger partial charge in [-0.1, -0.05) is 11.8 Å². The zero-order valence-electron chi connectivity index (χ0n) is 12.8. The lowest BCUT2D eigenvalue weighted by Gasteiger charge is -2.19. The second-order valence-electron chi connectivity index (χ2n) is 5.37. The van der Waals surface area contributed by atoms with Crippen LogP contribution < -0.4 is 5.32 Å². The van der Waals surface area contributed by atoms with E-state index < -0.39 is 0 Å². The summed E-state index contributed by atoms with van der Waals surface area (Å²) in [6, 6.07) is 0.468. The van der Waals surface area contributed by atoms with Gasteiger partial charge in [-0.2, -0.15) is 0 Å². The molecule has 7 nitrogen and oxygen atoms in total. The number of rotatable bonds is 6. The number of ether oxygens (including phenoxy) is 1. The summed E-state index contributed by atoms with van der Waals surface area (Å²) in [5.41, 5.74) is 0. The van der Waals surface area contributed by atoms with E-state index >= 15 is 0 Å². The Balaban J connectivity index is 1.81. The molecule has 1 amide bonds. The van der Waals surface area contributed by atoms with Crippen molar-refractivity contribution in [3.05, 3.63) is 5.89 Å². The van der Waals surface area contributed by atoms with Crippen molar-refractivity contribution in [2.45, 2.75) is 44.2 Å². The minimum atomic E-state index is -0.0477. The van der Waals surface area contributed by atoms with Crippen LogP contribution in [0.4, 0.5) is 0 Å². The second-order valence-corrected chi connectivity index (χ2v) is 6.30. The number of amides is 1. The fourth-order valence-corrected chi connectivity index (χ4v) is 2.93. The van der Waals surface area contributed by atoms with Gasteiger partial charge < -0.3 is 14.5 Å². The average Bonchev–Trinajstić information content (AvgIpc) is 3.02. The zero-order valence-corrected chi connectivity index (χ0v) is 13.6. The second kappa shape index (κ2) is 7.24. The number of likely N-dealkylation sites (tertiary alicyclic amines) is 1. The molecular weight excluding hydrogens is 292 g/mol. The molecule has 2 atom stereocenters. The van der Waals surface area contributed by atoms with Crippen molar-refractivity contribution in [1.82, 2.24) is 20.4 Å². The van der Waals surface area contributed by atoms with E-state index in [1.165, 1.54) is 11.8 Å². The van der Waals surface area contributed by atoms with E-state index in [-0.39, 0.29) is 23.8 Å². The van der Waals surface area contributed by atoms with Gasteiger partial charge in [0.05, 0.1) is 17.9 Å². The van der Waals surface area contributed by atoms with Crippen LogP contribution in [-0.4, -0.2) is 65.1 Å². The van der Waals surface area contributed by atoms with Crippen molar-refractivity contribution in [2.75, 3.05) is 26.0 Å². The van der Waals surface area contributed by atoms with Crippen molar-refractivity contribution >= 4 is 17.7 Å². The lowest BCUT2D eigenvalue weighted by atomic mass is 10.2. The van der Waals surface area contributed by atoms with Crippen LogP contribution in [0.2, 0.25) is 0 Å². The van der Waals surface area contributed by atoms with Crippen molar-refractivity contribution in [2.24, 2.45) is 0 Å². The summed E-state index contributed by atoms with van der Waals surface area (Å²) in [7, 11) is 1.68. The van der Waals surface area contributed by atoms with Gasteiger partial charge in [0.2, 0.25) is 11.8 Å². The first-order valence-corrected chi connectivity index (χ1v) is 7.97. The standard InChI is InChI=1S/C13H22N4O3S/c1-8(2)17-5-10(11(6-17)19-4)14-12(18)7-21-13-16-15-9(3)20-13/h8,10-11H,5-7H2,1-4H3,(H,14,18)/t10-,11-/m0/s1. The first kappa shape index (κ1) is 16.3. The molecule has 1 fully saturated rings. The summed E-state index contributed by atoms with van der Waals surface area (Å²) in [5, 5.41) is 11.0. The van der Waals surface area contributed by atoms with Crippen LogP contribution in [0.3, 0.4) is 0 Å². The Kier molecular flexibility index (Phi) is 5.60. The summed E-state index contributed by atoms with van der Waals surface area (Å²) in [5.74, 6) is 0.713. The number of aromatic nitrogens is 2. The minimum absolute atomic E-state index is 0.0231. The molecule has 2 heterocycles. The molecule has 0 bridgehead atoms. The first-order valence-electron chi connectivity index (χ1n) is 6.98. The predicted octanol–water partition coefficient (Wildman–Crippen LogP) is 0.694. The first-order chi connectivity index (χ1) is 9.99. The highest BCUT2D eigenvalue weighted by atomic mass is 32.2. The molecule has 0 radical (unpaired) electrons. The third-order valence-electron chi connectivity index (χ3n) is 3.51. The third-order valence-corrected chi connectivity index (χ3v) is 4.33. The maximum absolute atomic E-state index is 12.0. The van der Waals surface area contributed by atoms with E-state index in [9.17, 15) is 4.79 Å². The number of nitrogens with one attached hydrogen (secondary N) is 1. The van der Waals surface area contributed by atoms with E-state index in [4.69, 9.17) is 9.15 Å². The lowest BCUT2D eigenvalue weighted by Crippen LogP contribution is -2.44. The maximum Gasteiger partial charge on any atom is 0.277 e. The highest BCUT2D eigenvalue weighted by Crippen LogP contribution is 2.18. The monoisotopic (exact) mass is 314 g/mol. The van der Waals surface area contributed by atoms with Gasteiger partial charge >= 0.3 is 0 Å². The molecule has 0 aliphatic carbocycles. The fraction of sp³-hybridized carbons (Fsp3) is 0.769. The Morgan fingerprint density at radius 3 is 2.86 bits per heavy atom. The number of hydrogen-bond acceptors (Lipinski definition) is 7. The lowest BCUT2D eigenvalue weighted by molar-refractivity contribution is -0.119. The number of carbonyl (C=O) groups is 1. The van der Waals surface area contributed by atoms with Gasteiger partial charge in [-0.25, -0.2) is 0 Å². The van der Waals surface area contributed by atoms with Crippen molar-refractivity contribution < 1.29 is 13.9 Å². The minimum Gasteiger partial charge on any atom is -0.416 e. The number of thioether (sulfide) groups is 1. The summed E-state index contributed by atoms with van der Waals surface area (Å²) in [6.45, 7) is 7.66. The largest absolute Gasteiger partial charge is 0.416 e. The van der Waals surface area contributed by atoms with Crippen LogP contribution in [0.25, 0.3) is 0 Å². The van der Waals surface area contributed by atoms with E-state index in [0.29, 0.717) is 17.2 Å². The molecule has 118 valence electrons. The molecule has 1 aromatic heterocycles. The van der Waals surface area contributed by atoms with E-state index in [2.05, 4.69) is 34.3 Å². The maximum atomic E-state index is 12.0. The van der Waals surface area contributed by atoms with E-state index in [1.807, 2.05) is 0 Å². The Morgan fingerprint density at radius 2 is 2.29 bits per heavy atom. The molecule has 0 aromatic carbocycles. The molecule has 1 aromatic rings. The molecule has 1 aliphatic rings. The molecule has 21 heavy (non-hydrogen) atoms. The van der Waals surface area contributed by atoms with Crippen LogP contribution >= 0.6 is 11.8 Å². The Hall–Kier alpha value is -1.12. The zero-order chi connectivity index (χ0) is 15.4. The number of nitrogens with zero attached hydrogens (tertiary/aromatic N) is 3. The van der Waals surface area contributed by atoms with Gasteiger partial charge in [-0.3, -0.25) is 9.69 Å². The van der Waals surface area contributed by atoms with Gasteiger partial charge in [0.1, 0.15) is 0 Å². The molecule has 0 saturated carbocycles. The highest BCUT2D eigenvalue weighted by molar-refractivity contribution is 7.99. The molecule has 0 spiro atoms. The number of aryl methyl sites for hydroxylation is 1. The van der Waals surface area contributed by atoms with Crippen molar-refractivity contribution in [1.29, 1.82) is 0 Å². The molecule has 2 rings (SSSR count). The van der Waals surface area contributed by atoms with Crippen LogP contribution in [0.15, 0.2) is 9.64 Å². The van der Waals surface area contributed by atoms with Gasteiger partial charge in [-0.15, -0.1) is 10.2 Å². The van der Waals surface area contributed by atoms with E-state index in [1.54, 1.807) is 14.0 Å². The van der Waals surface area contributed by atoms with Crippen LogP contribution in [0.1, 0.15) is 19.7 Å². The topological polar surface area (TPSA) is 80.5 Å². The average molecular weight is 314 g/mol. The van der Waals surface area contributed by atoms with Crippen LogP contribution in [0, 0.1) is 6.92 Å². The Morgan fingerprint density at radius 1 is 1.52 bits per heavy atom. The van der Waals surface area contributed by atoms with Gasteiger partial charge in [0.15, 0.2) is 0 Å². The Bertz CT molecular complexity index is 480. The van der Waals surface area contributed by atoms with Crippen molar-refractivity contribution in [3.8, 4) is 0 Å². The molecule has 1 aliphatic heterocycles. The smallest absolute Gasteiger partial charge is 0.277 e. The van der Waals surface area contributed by atoms with E-state index in [0.717, 1.165) is 13.1 Å². The summed E-state index contributed by atoms with van der Waals surface area (Å²) >= 11 is 1.24. The summed E-state index contributed by atoms with van der Waals surface area (Å²) < 4.78 is 10.7. The highest BCUT2D eigenvalue weighted by Gasteiger charge is 2.34. The fourth-order valence-electron chi connectivity index (χ4n) is 2.31. The van der Waals surface area contributed by atoms with Crippen LogP contribution in [0.5, 0.6) is 0 Å². The predicted molar refractivity (Wildman–Crippen MR) is 79.2 cm³/mol. The SMILES string of the molecule is CO[C@H]1CN(C(C)C)C[C@@H]1NC(=O)CSc1nnc(C)o1. The quantitative estimate of drug-likeness (QED) is 0.774. The number of carbonyl (C=O) groups excluding carboxylic acids is 1. The normalized spacial score (nSPS) is 22.9. The number of hydrogen-bond donors (Lipinski definition) is 1. The molecule has 1 saturated heterocycles. The van der Waals surface area contributed by atoms with Gasteiger partial charge in [0.25, 0.3) is 5.22 Å². The van der Waals surface area contributed by atoms with Crippen LogP contribution in [-0.2, 0) is 9.53 Å². The molecule has 8 heteroatoms. The molecule has 1 N–H and O–H groups in total. The number of methoxy groups -OCH3 is 1.